The van der Waals surface area contributed by atoms with Crippen LogP contribution in [-0.4, -0.2) is 40.4 Å². The number of fused-ring (bicyclic) bond motifs is 3. The first-order valence-electron chi connectivity index (χ1n) is 8.23. The van der Waals surface area contributed by atoms with E-state index in [1.807, 2.05) is 37.4 Å². The largest absolute Gasteiger partial charge is 0.349 e. The number of aryl methyl sites for hydroxylation is 1. The lowest BCUT2D eigenvalue weighted by Gasteiger charge is -2.36. The van der Waals surface area contributed by atoms with Crippen LogP contribution in [0.25, 0.3) is 5.52 Å². The first-order valence-corrected chi connectivity index (χ1v) is 8.23. The van der Waals surface area contributed by atoms with E-state index >= 15 is 0 Å². The molecule has 4 rings (SSSR count). The van der Waals surface area contributed by atoms with Crippen molar-refractivity contribution < 1.29 is 4.79 Å². The van der Waals surface area contributed by atoms with Crippen LogP contribution in [0.1, 0.15) is 41.7 Å². The topological polar surface area (TPSA) is 36.8 Å². The highest BCUT2D eigenvalue weighted by molar-refractivity contribution is 6.01. The summed E-state index contributed by atoms with van der Waals surface area (Å²) in [5, 5.41) is 3.28. The summed E-state index contributed by atoms with van der Waals surface area (Å²) in [7, 11) is 2.23. The Morgan fingerprint density at radius 3 is 2.68 bits per heavy atom. The van der Waals surface area contributed by atoms with E-state index in [-0.39, 0.29) is 5.91 Å². The van der Waals surface area contributed by atoms with E-state index in [1.165, 1.54) is 12.8 Å². The fraction of sp³-hybridized carbons (Fsp3) is 0.500. The molecule has 1 N–H and O–H groups in total. The minimum atomic E-state index is 0.0748. The minimum Gasteiger partial charge on any atom is -0.349 e. The van der Waals surface area contributed by atoms with Crippen LogP contribution < -0.4 is 5.32 Å². The molecule has 2 unspecified atom stereocenters. The summed E-state index contributed by atoms with van der Waals surface area (Å²) in [5.74, 6) is 0.0748. The first kappa shape index (κ1) is 13.8. The SMILES string of the molecule is Cc1cc(C(=O)NC2CC3CCC(C2)N3C)c2ccccn12. The summed E-state index contributed by atoms with van der Waals surface area (Å²) in [6.45, 7) is 2.04. The van der Waals surface area contributed by atoms with E-state index in [2.05, 4.69) is 21.7 Å². The summed E-state index contributed by atoms with van der Waals surface area (Å²) in [5.41, 5.74) is 2.89. The second-order valence-electron chi connectivity index (χ2n) is 6.85. The lowest BCUT2D eigenvalue weighted by molar-refractivity contribution is 0.0884. The number of carbonyl (C=O) groups is 1. The fourth-order valence-corrected chi connectivity index (χ4v) is 4.30. The standard InChI is InChI=1S/C18H23N3O/c1-12-9-16(17-5-3-4-8-21(12)17)18(22)19-13-10-14-6-7-15(11-13)20(14)2/h3-5,8-9,13-15H,6-7,10-11H2,1-2H3,(H,19,22). The molecule has 4 heterocycles. The molecule has 0 saturated carbocycles. The second-order valence-corrected chi connectivity index (χ2v) is 6.85. The van der Waals surface area contributed by atoms with Gasteiger partial charge in [0, 0.05) is 30.0 Å². The highest BCUT2D eigenvalue weighted by atomic mass is 16.1. The molecule has 4 nitrogen and oxygen atoms in total. The lowest BCUT2D eigenvalue weighted by atomic mass is 9.97. The molecule has 2 bridgehead atoms. The number of aromatic nitrogens is 1. The van der Waals surface area contributed by atoms with Gasteiger partial charge in [-0.1, -0.05) is 6.07 Å². The van der Waals surface area contributed by atoms with Gasteiger partial charge in [-0.05, 0) is 57.9 Å². The van der Waals surface area contributed by atoms with Gasteiger partial charge in [-0.2, -0.15) is 0 Å². The van der Waals surface area contributed by atoms with Gasteiger partial charge in [-0.25, -0.2) is 0 Å². The maximum Gasteiger partial charge on any atom is 0.253 e. The molecule has 2 fully saturated rings. The average molecular weight is 297 g/mol. The number of piperidine rings is 1. The van der Waals surface area contributed by atoms with Crippen molar-refractivity contribution >= 4 is 11.4 Å². The minimum absolute atomic E-state index is 0.0748. The van der Waals surface area contributed by atoms with Gasteiger partial charge >= 0.3 is 0 Å². The molecule has 1 amide bonds. The highest BCUT2D eigenvalue weighted by Gasteiger charge is 2.38. The molecule has 2 aromatic heterocycles. The highest BCUT2D eigenvalue weighted by Crippen LogP contribution is 2.34. The van der Waals surface area contributed by atoms with E-state index in [0.29, 0.717) is 18.1 Å². The number of hydrogen-bond acceptors (Lipinski definition) is 2. The van der Waals surface area contributed by atoms with E-state index < -0.39 is 0 Å². The smallest absolute Gasteiger partial charge is 0.253 e. The number of amides is 1. The van der Waals surface area contributed by atoms with Crippen LogP contribution in [0.4, 0.5) is 0 Å². The summed E-state index contributed by atoms with van der Waals surface area (Å²) < 4.78 is 2.08. The normalized spacial score (nSPS) is 28.2. The third kappa shape index (κ3) is 2.13. The predicted octanol–water partition coefficient (Wildman–Crippen LogP) is 2.60. The van der Waals surface area contributed by atoms with Crippen molar-refractivity contribution in [1.29, 1.82) is 0 Å². The van der Waals surface area contributed by atoms with Gasteiger partial charge in [0.2, 0.25) is 0 Å². The average Bonchev–Trinajstić information content (AvgIpc) is 2.93. The zero-order chi connectivity index (χ0) is 15.3. The van der Waals surface area contributed by atoms with Crippen molar-refractivity contribution in [3.63, 3.8) is 0 Å². The van der Waals surface area contributed by atoms with Crippen molar-refractivity contribution in [3.05, 3.63) is 41.7 Å². The molecule has 2 saturated heterocycles. The van der Waals surface area contributed by atoms with Gasteiger partial charge in [0.25, 0.3) is 5.91 Å². The van der Waals surface area contributed by atoms with Crippen molar-refractivity contribution in [1.82, 2.24) is 14.6 Å². The maximum absolute atomic E-state index is 12.7. The number of pyridine rings is 1. The molecule has 0 radical (unpaired) electrons. The van der Waals surface area contributed by atoms with E-state index in [4.69, 9.17) is 0 Å². The summed E-state index contributed by atoms with van der Waals surface area (Å²) in [6.07, 6.45) is 6.74. The predicted molar refractivity (Wildman–Crippen MR) is 87.2 cm³/mol. The summed E-state index contributed by atoms with van der Waals surface area (Å²) in [6, 6.07) is 9.61. The van der Waals surface area contributed by atoms with Crippen LogP contribution in [0.2, 0.25) is 0 Å². The van der Waals surface area contributed by atoms with E-state index in [0.717, 1.165) is 29.6 Å². The number of nitrogens with zero attached hydrogens (tertiary/aromatic N) is 2. The number of hydrogen-bond donors (Lipinski definition) is 1. The first-order chi connectivity index (χ1) is 10.6. The van der Waals surface area contributed by atoms with E-state index in [9.17, 15) is 4.79 Å². The van der Waals surface area contributed by atoms with Crippen LogP contribution in [0.3, 0.4) is 0 Å². The molecule has 2 atom stereocenters. The molecule has 2 aliphatic rings. The molecule has 116 valence electrons. The van der Waals surface area contributed by atoms with Gasteiger partial charge in [0.1, 0.15) is 0 Å². The third-order valence-corrected chi connectivity index (χ3v) is 5.55. The van der Waals surface area contributed by atoms with Gasteiger partial charge < -0.3 is 14.6 Å². The molecule has 4 heteroatoms. The molecule has 22 heavy (non-hydrogen) atoms. The molecule has 0 aromatic carbocycles. The number of rotatable bonds is 2. The Bertz CT molecular complexity index is 706. The molecule has 2 aliphatic heterocycles. The zero-order valence-corrected chi connectivity index (χ0v) is 13.2. The van der Waals surface area contributed by atoms with Crippen LogP contribution >= 0.6 is 0 Å². The molecular weight excluding hydrogens is 274 g/mol. The van der Waals surface area contributed by atoms with Crippen LogP contribution in [0.5, 0.6) is 0 Å². The monoisotopic (exact) mass is 297 g/mol. The Hall–Kier alpha value is -1.81. The Balaban J connectivity index is 1.55. The summed E-state index contributed by atoms with van der Waals surface area (Å²) >= 11 is 0. The lowest BCUT2D eigenvalue weighted by Crippen LogP contribution is -2.48. The van der Waals surface area contributed by atoms with Gasteiger partial charge in [0.15, 0.2) is 0 Å². The zero-order valence-electron chi connectivity index (χ0n) is 13.2. The van der Waals surface area contributed by atoms with Crippen molar-refractivity contribution in [2.45, 2.75) is 50.7 Å². The van der Waals surface area contributed by atoms with Crippen LogP contribution in [0, 0.1) is 6.92 Å². The van der Waals surface area contributed by atoms with E-state index in [1.54, 1.807) is 0 Å². The fourth-order valence-electron chi connectivity index (χ4n) is 4.30. The Morgan fingerprint density at radius 2 is 1.95 bits per heavy atom. The third-order valence-electron chi connectivity index (χ3n) is 5.55. The second kappa shape index (κ2) is 5.13. The maximum atomic E-state index is 12.7. The van der Waals surface area contributed by atoms with Crippen LogP contribution in [0.15, 0.2) is 30.5 Å². The van der Waals surface area contributed by atoms with Gasteiger partial charge in [0.05, 0.1) is 11.1 Å². The van der Waals surface area contributed by atoms with Crippen molar-refractivity contribution in [2.24, 2.45) is 0 Å². The molecule has 2 aromatic rings. The molecular formula is C18H23N3O. The van der Waals surface area contributed by atoms with Crippen LogP contribution in [-0.2, 0) is 0 Å². The molecule has 0 aliphatic carbocycles. The Kier molecular flexibility index (Phi) is 3.22. The van der Waals surface area contributed by atoms with Gasteiger partial charge in [-0.3, -0.25) is 4.79 Å². The Labute approximate surface area is 131 Å². The van der Waals surface area contributed by atoms with Crippen molar-refractivity contribution in [2.75, 3.05) is 7.05 Å². The quantitative estimate of drug-likeness (QED) is 0.925. The van der Waals surface area contributed by atoms with Crippen molar-refractivity contribution in [3.8, 4) is 0 Å². The Morgan fingerprint density at radius 1 is 1.23 bits per heavy atom. The molecule has 0 spiro atoms. The number of carbonyl (C=O) groups excluding carboxylic acids is 1. The number of nitrogens with one attached hydrogen (secondary N) is 1. The van der Waals surface area contributed by atoms with Gasteiger partial charge in [-0.15, -0.1) is 0 Å². The summed E-state index contributed by atoms with van der Waals surface area (Å²) in [4.78, 5) is 15.2.